The predicted octanol–water partition coefficient (Wildman–Crippen LogP) is 3.05. The highest BCUT2D eigenvalue weighted by molar-refractivity contribution is 5.89. The van der Waals surface area contributed by atoms with Crippen LogP contribution in [0.5, 0.6) is 5.75 Å². The third kappa shape index (κ3) is 5.03. The quantitative estimate of drug-likeness (QED) is 0.606. The number of benzene rings is 1. The smallest absolute Gasteiger partial charge is 0.410 e. The molecule has 0 aromatic heterocycles. The fourth-order valence-electron chi connectivity index (χ4n) is 3.77. The van der Waals surface area contributed by atoms with E-state index in [1.54, 1.807) is 4.90 Å². The Morgan fingerprint density at radius 1 is 1.11 bits per heavy atom. The van der Waals surface area contributed by atoms with Gasteiger partial charge in [0, 0.05) is 18.2 Å². The molecular weight excluding hydrogens is 350 g/mol. The van der Waals surface area contributed by atoms with Crippen molar-refractivity contribution in [2.24, 2.45) is 0 Å². The maximum Gasteiger partial charge on any atom is 0.415 e. The Bertz CT molecular complexity index is 679. The van der Waals surface area contributed by atoms with Crippen molar-refractivity contribution in [2.75, 3.05) is 13.1 Å². The van der Waals surface area contributed by atoms with E-state index in [0.717, 1.165) is 51.5 Å². The summed E-state index contributed by atoms with van der Waals surface area (Å²) in [5, 5.41) is 13.9. The van der Waals surface area contributed by atoms with Crippen molar-refractivity contribution in [3.63, 3.8) is 0 Å². The third-order valence-corrected chi connectivity index (χ3v) is 5.28. The minimum absolute atomic E-state index is 0.00495. The first kappa shape index (κ1) is 19.3. The topological polar surface area (TPSA) is 102 Å². The molecule has 1 saturated carbocycles. The molecule has 2 aliphatic rings. The number of hydrogen-bond donors (Lipinski definition) is 1. The molecule has 1 aliphatic carbocycles. The van der Waals surface area contributed by atoms with Crippen LogP contribution in [0.15, 0.2) is 24.3 Å². The van der Waals surface area contributed by atoms with Crippen molar-refractivity contribution in [1.82, 2.24) is 10.2 Å². The van der Waals surface area contributed by atoms with Gasteiger partial charge in [-0.1, -0.05) is 19.3 Å². The van der Waals surface area contributed by atoms with E-state index in [1.807, 2.05) is 0 Å². The molecular formula is C19H25N3O5. The molecule has 1 atom stereocenters. The molecule has 1 aromatic rings. The van der Waals surface area contributed by atoms with E-state index in [2.05, 4.69) is 5.32 Å². The van der Waals surface area contributed by atoms with Gasteiger partial charge in [-0.05, 0) is 44.4 Å². The van der Waals surface area contributed by atoms with Crippen molar-refractivity contribution in [3.8, 4) is 5.75 Å². The molecule has 1 aliphatic heterocycles. The molecule has 8 heteroatoms. The second kappa shape index (κ2) is 8.94. The van der Waals surface area contributed by atoms with Gasteiger partial charge in [-0.3, -0.25) is 19.8 Å². The summed E-state index contributed by atoms with van der Waals surface area (Å²) >= 11 is 0. The van der Waals surface area contributed by atoms with E-state index >= 15 is 0 Å². The van der Waals surface area contributed by atoms with Gasteiger partial charge in [-0.15, -0.1) is 0 Å². The van der Waals surface area contributed by atoms with Crippen LogP contribution in [0, 0.1) is 10.1 Å². The van der Waals surface area contributed by atoms with Crippen molar-refractivity contribution in [1.29, 1.82) is 0 Å². The molecule has 27 heavy (non-hydrogen) atoms. The maximum absolute atomic E-state index is 12.8. The van der Waals surface area contributed by atoms with E-state index in [4.69, 9.17) is 4.74 Å². The standard InChI is InChI=1S/C19H25N3O5/c23-18(17-7-4-12-20-17)13-21(14-5-2-1-3-6-14)19(24)27-16-10-8-15(9-11-16)22(25)26/h8-11,14,17,20H,1-7,12-13H2/t17-/m0/s1. The molecule has 0 unspecified atom stereocenters. The molecule has 1 amide bonds. The highest BCUT2D eigenvalue weighted by Gasteiger charge is 2.32. The average molecular weight is 375 g/mol. The van der Waals surface area contributed by atoms with Crippen LogP contribution in [0.2, 0.25) is 0 Å². The van der Waals surface area contributed by atoms with E-state index in [0.29, 0.717) is 0 Å². The summed E-state index contributed by atoms with van der Waals surface area (Å²) in [7, 11) is 0. The summed E-state index contributed by atoms with van der Waals surface area (Å²) < 4.78 is 5.42. The van der Waals surface area contributed by atoms with E-state index in [9.17, 15) is 19.7 Å². The van der Waals surface area contributed by atoms with Crippen LogP contribution in [-0.2, 0) is 4.79 Å². The van der Waals surface area contributed by atoms with E-state index in [-0.39, 0.29) is 35.8 Å². The number of nitro groups is 1. The number of non-ortho nitro benzene ring substituents is 1. The van der Waals surface area contributed by atoms with Crippen LogP contribution < -0.4 is 10.1 Å². The molecule has 0 bridgehead atoms. The normalized spacial score (nSPS) is 20.2. The maximum atomic E-state index is 12.8. The number of hydrogen-bond acceptors (Lipinski definition) is 6. The Morgan fingerprint density at radius 2 is 1.81 bits per heavy atom. The number of carbonyl (C=O) groups excluding carboxylic acids is 2. The minimum atomic E-state index is -0.567. The van der Waals surface area contributed by atoms with Crippen LogP contribution in [0.3, 0.4) is 0 Å². The Kier molecular flexibility index (Phi) is 6.39. The number of nitrogens with zero attached hydrogens (tertiary/aromatic N) is 2. The number of ketones is 1. The second-order valence-corrected chi connectivity index (χ2v) is 7.15. The lowest BCUT2D eigenvalue weighted by Crippen LogP contribution is -2.48. The van der Waals surface area contributed by atoms with Gasteiger partial charge in [0.15, 0.2) is 5.78 Å². The van der Waals surface area contributed by atoms with Gasteiger partial charge in [0.2, 0.25) is 0 Å². The van der Waals surface area contributed by atoms with Crippen molar-refractivity contribution >= 4 is 17.6 Å². The molecule has 1 N–H and O–H groups in total. The van der Waals surface area contributed by atoms with Gasteiger partial charge in [0.25, 0.3) is 5.69 Å². The van der Waals surface area contributed by atoms with Crippen LogP contribution in [0.1, 0.15) is 44.9 Å². The SMILES string of the molecule is O=C(CN(C(=O)Oc1ccc([N+](=O)[O-])cc1)C1CCCCC1)[C@@H]1CCCN1. The number of amides is 1. The van der Waals surface area contributed by atoms with E-state index in [1.165, 1.54) is 24.3 Å². The largest absolute Gasteiger partial charge is 0.415 e. The summed E-state index contributed by atoms with van der Waals surface area (Å²) in [6.07, 6.45) is 6.12. The van der Waals surface area contributed by atoms with Crippen LogP contribution in [-0.4, -0.2) is 46.9 Å². The Labute approximate surface area is 158 Å². The van der Waals surface area contributed by atoms with Crippen molar-refractivity contribution in [3.05, 3.63) is 34.4 Å². The minimum Gasteiger partial charge on any atom is -0.410 e. The van der Waals surface area contributed by atoms with Gasteiger partial charge in [0.05, 0.1) is 17.5 Å². The number of rotatable bonds is 6. The number of carbonyl (C=O) groups is 2. The van der Waals surface area contributed by atoms with Gasteiger partial charge >= 0.3 is 6.09 Å². The first-order valence-corrected chi connectivity index (χ1v) is 9.53. The lowest BCUT2D eigenvalue weighted by Gasteiger charge is -2.33. The van der Waals surface area contributed by atoms with Gasteiger partial charge < -0.3 is 10.1 Å². The summed E-state index contributed by atoms with van der Waals surface area (Å²) in [5.41, 5.74) is -0.0681. The predicted molar refractivity (Wildman–Crippen MR) is 98.7 cm³/mol. The van der Waals surface area contributed by atoms with E-state index < -0.39 is 11.0 Å². The molecule has 8 nitrogen and oxygen atoms in total. The lowest BCUT2D eigenvalue weighted by atomic mass is 9.94. The van der Waals surface area contributed by atoms with Crippen molar-refractivity contribution in [2.45, 2.75) is 57.0 Å². The molecule has 0 spiro atoms. The van der Waals surface area contributed by atoms with Crippen LogP contribution in [0.4, 0.5) is 10.5 Å². The fourth-order valence-corrected chi connectivity index (χ4v) is 3.77. The summed E-state index contributed by atoms with van der Waals surface area (Å²) in [5.74, 6) is 0.247. The first-order valence-electron chi connectivity index (χ1n) is 9.53. The zero-order chi connectivity index (χ0) is 19.2. The van der Waals surface area contributed by atoms with Crippen LogP contribution >= 0.6 is 0 Å². The molecule has 146 valence electrons. The van der Waals surface area contributed by atoms with Gasteiger partial charge in [-0.25, -0.2) is 4.79 Å². The Hall–Kier alpha value is -2.48. The monoisotopic (exact) mass is 375 g/mol. The first-order chi connectivity index (χ1) is 13.0. The summed E-state index contributed by atoms with van der Waals surface area (Å²) in [6, 6.07) is 5.19. The van der Waals surface area contributed by atoms with Gasteiger partial charge in [0.1, 0.15) is 5.75 Å². The summed E-state index contributed by atoms with van der Waals surface area (Å²) in [6.45, 7) is 0.862. The number of Topliss-reactive ketones (excluding diaryl/α,β-unsaturated/α-hetero) is 1. The zero-order valence-corrected chi connectivity index (χ0v) is 15.3. The number of ether oxygens (including phenoxy) is 1. The highest BCUT2D eigenvalue weighted by atomic mass is 16.6. The Balaban J connectivity index is 1.69. The third-order valence-electron chi connectivity index (χ3n) is 5.28. The van der Waals surface area contributed by atoms with Gasteiger partial charge in [-0.2, -0.15) is 0 Å². The molecule has 1 heterocycles. The average Bonchev–Trinajstić information content (AvgIpc) is 3.22. The second-order valence-electron chi connectivity index (χ2n) is 7.15. The molecule has 0 radical (unpaired) electrons. The fraction of sp³-hybridized carbons (Fsp3) is 0.579. The lowest BCUT2D eigenvalue weighted by molar-refractivity contribution is -0.384. The zero-order valence-electron chi connectivity index (χ0n) is 15.3. The highest BCUT2D eigenvalue weighted by Crippen LogP contribution is 2.25. The molecule has 3 rings (SSSR count). The summed E-state index contributed by atoms with van der Waals surface area (Å²) in [4.78, 5) is 37.1. The van der Waals surface area contributed by atoms with Crippen molar-refractivity contribution < 1.29 is 19.2 Å². The Morgan fingerprint density at radius 3 is 2.41 bits per heavy atom. The number of nitro benzene ring substituents is 1. The number of nitrogens with one attached hydrogen (secondary N) is 1. The molecule has 2 fully saturated rings. The molecule has 1 aromatic carbocycles. The van der Waals surface area contributed by atoms with Crippen LogP contribution in [0.25, 0.3) is 0 Å². The molecule has 1 saturated heterocycles.